The van der Waals surface area contributed by atoms with Crippen LogP contribution in [0.3, 0.4) is 0 Å². The maximum Gasteiger partial charge on any atom is -0.0256 e. The van der Waals surface area contributed by atoms with Gasteiger partial charge >= 0.3 is 0 Å². The van der Waals surface area contributed by atoms with Crippen LogP contribution < -0.4 is 0 Å². The molecule has 0 fully saturated rings. The van der Waals surface area contributed by atoms with Gasteiger partial charge in [0.25, 0.3) is 0 Å². The predicted molar refractivity (Wildman–Crippen MR) is 67.7 cm³/mol. The fourth-order valence-electron chi connectivity index (χ4n) is 1.09. The smallest absolute Gasteiger partial charge is 0.0256 e. The van der Waals surface area contributed by atoms with Crippen LogP contribution in [0.4, 0.5) is 0 Å². The summed E-state index contributed by atoms with van der Waals surface area (Å²) in [5, 5.41) is 0. The summed E-state index contributed by atoms with van der Waals surface area (Å²) in [6, 6.07) is 10.6. The van der Waals surface area contributed by atoms with Gasteiger partial charge in [-0.3, -0.25) is 0 Å². The van der Waals surface area contributed by atoms with Crippen molar-refractivity contribution in [2.24, 2.45) is 5.92 Å². The molecule has 14 heavy (non-hydrogen) atoms. The van der Waals surface area contributed by atoms with Crippen LogP contribution in [0.5, 0.6) is 0 Å². The second kappa shape index (κ2) is 12.2. The Balaban J connectivity index is 0. The minimum Gasteiger partial charge on any atom is -0.0683 e. The molecule has 1 aromatic rings. The van der Waals surface area contributed by atoms with E-state index < -0.39 is 0 Å². The second-order valence-corrected chi connectivity index (χ2v) is 3.08. The molecular formula is C14H26. The highest BCUT2D eigenvalue weighted by Gasteiger charge is 1.94. The van der Waals surface area contributed by atoms with Crippen LogP contribution >= 0.6 is 0 Å². The first-order valence-corrected chi connectivity index (χ1v) is 5.83. The van der Waals surface area contributed by atoms with E-state index in [1.54, 1.807) is 0 Å². The van der Waals surface area contributed by atoms with Crippen molar-refractivity contribution < 1.29 is 0 Å². The van der Waals surface area contributed by atoms with Crippen molar-refractivity contribution in [2.45, 2.75) is 48.0 Å². The molecule has 0 heteroatoms. The van der Waals surface area contributed by atoms with Gasteiger partial charge < -0.3 is 0 Å². The molecule has 1 aromatic carbocycles. The lowest BCUT2D eigenvalue weighted by Gasteiger charge is -2.02. The second-order valence-electron chi connectivity index (χ2n) is 3.08. The summed E-state index contributed by atoms with van der Waals surface area (Å²) >= 11 is 0. The fraction of sp³-hybridized carbons (Fsp3) is 0.571. The van der Waals surface area contributed by atoms with Crippen LogP contribution in [0, 0.1) is 5.92 Å². The van der Waals surface area contributed by atoms with E-state index in [0.29, 0.717) is 0 Å². The van der Waals surface area contributed by atoms with Gasteiger partial charge in [-0.05, 0) is 17.9 Å². The monoisotopic (exact) mass is 194 g/mol. The summed E-state index contributed by atoms with van der Waals surface area (Å²) in [5.74, 6) is 0.766. The Labute approximate surface area is 90.4 Å². The van der Waals surface area contributed by atoms with Gasteiger partial charge in [-0.2, -0.15) is 0 Å². The molecule has 0 spiro atoms. The van der Waals surface area contributed by atoms with Crippen LogP contribution in [-0.2, 0) is 6.42 Å². The molecule has 0 nitrogen and oxygen atoms in total. The Kier molecular flexibility index (Phi) is 13.7. The molecule has 0 aromatic heterocycles. The minimum absolute atomic E-state index is 0.766. The van der Waals surface area contributed by atoms with Crippen LogP contribution in [0.25, 0.3) is 0 Å². The summed E-state index contributed by atoms with van der Waals surface area (Å²) in [7, 11) is 0. The SMILES string of the molecule is CC.CC.CC(C)Cc1ccccc1. The van der Waals surface area contributed by atoms with E-state index in [9.17, 15) is 0 Å². The third-order valence-corrected chi connectivity index (χ3v) is 1.49. The van der Waals surface area contributed by atoms with Crippen LogP contribution in [0.15, 0.2) is 30.3 Å². The maximum atomic E-state index is 2.24. The van der Waals surface area contributed by atoms with Gasteiger partial charge in [0.15, 0.2) is 0 Å². The number of benzene rings is 1. The molecule has 0 heterocycles. The predicted octanol–water partition coefficient (Wildman–Crippen LogP) is 4.94. The lowest BCUT2D eigenvalue weighted by Crippen LogP contribution is -1.92. The molecule has 0 aliphatic carbocycles. The topological polar surface area (TPSA) is 0 Å². The maximum absolute atomic E-state index is 2.24. The van der Waals surface area contributed by atoms with Crippen molar-refractivity contribution in [1.29, 1.82) is 0 Å². The molecule has 0 atom stereocenters. The zero-order valence-corrected chi connectivity index (χ0v) is 10.7. The highest BCUT2D eigenvalue weighted by molar-refractivity contribution is 5.14. The standard InChI is InChI=1S/C10H14.2C2H6/c1-9(2)8-10-6-4-3-5-7-10;2*1-2/h3-7,9H,8H2,1-2H3;2*1-2H3. The zero-order chi connectivity index (χ0) is 11.4. The molecular weight excluding hydrogens is 168 g/mol. The number of hydrogen-bond acceptors (Lipinski definition) is 0. The lowest BCUT2D eigenvalue weighted by molar-refractivity contribution is 0.647. The third kappa shape index (κ3) is 9.31. The Morgan fingerprint density at radius 3 is 1.64 bits per heavy atom. The van der Waals surface area contributed by atoms with Gasteiger partial charge in [0.2, 0.25) is 0 Å². The van der Waals surface area contributed by atoms with Gasteiger partial charge in [0.05, 0.1) is 0 Å². The number of rotatable bonds is 2. The first-order valence-electron chi connectivity index (χ1n) is 5.83. The molecule has 0 saturated carbocycles. The van der Waals surface area contributed by atoms with E-state index >= 15 is 0 Å². The molecule has 0 unspecified atom stereocenters. The molecule has 0 radical (unpaired) electrons. The zero-order valence-electron chi connectivity index (χ0n) is 10.7. The van der Waals surface area contributed by atoms with Crippen molar-refractivity contribution >= 4 is 0 Å². The van der Waals surface area contributed by atoms with E-state index in [-0.39, 0.29) is 0 Å². The largest absolute Gasteiger partial charge is 0.0683 e. The molecule has 0 amide bonds. The van der Waals surface area contributed by atoms with Gasteiger partial charge in [-0.25, -0.2) is 0 Å². The summed E-state index contributed by atoms with van der Waals surface area (Å²) in [6.45, 7) is 12.5. The van der Waals surface area contributed by atoms with Crippen LogP contribution in [-0.4, -0.2) is 0 Å². The molecule has 1 rings (SSSR count). The Morgan fingerprint density at radius 1 is 0.857 bits per heavy atom. The molecule has 0 saturated heterocycles. The Bertz CT molecular complexity index is 174. The Hall–Kier alpha value is -0.780. The van der Waals surface area contributed by atoms with Crippen molar-refractivity contribution in [2.75, 3.05) is 0 Å². The van der Waals surface area contributed by atoms with E-state index in [1.807, 2.05) is 27.7 Å². The minimum atomic E-state index is 0.766. The Morgan fingerprint density at radius 2 is 1.29 bits per heavy atom. The molecule has 0 aliphatic rings. The summed E-state index contributed by atoms with van der Waals surface area (Å²) in [5.41, 5.74) is 1.44. The highest BCUT2D eigenvalue weighted by atomic mass is 14.0. The van der Waals surface area contributed by atoms with Crippen LogP contribution in [0.2, 0.25) is 0 Å². The van der Waals surface area contributed by atoms with Gasteiger partial charge in [-0.15, -0.1) is 0 Å². The van der Waals surface area contributed by atoms with Crippen molar-refractivity contribution in [3.8, 4) is 0 Å². The quantitative estimate of drug-likeness (QED) is 0.625. The summed E-state index contributed by atoms with van der Waals surface area (Å²) in [6.07, 6.45) is 1.20. The third-order valence-electron chi connectivity index (χ3n) is 1.49. The van der Waals surface area contributed by atoms with Crippen molar-refractivity contribution in [1.82, 2.24) is 0 Å². The molecule has 0 N–H and O–H groups in total. The average Bonchev–Trinajstić information content (AvgIpc) is 2.24. The first kappa shape index (κ1) is 15.7. The highest BCUT2D eigenvalue weighted by Crippen LogP contribution is 2.05. The van der Waals surface area contributed by atoms with Crippen molar-refractivity contribution in [3.05, 3.63) is 35.9 Å². The summed E-state index contributed by atoms with van der Waals surface area (Å²) in [4.78, 5) is 0. The first-order chi connectivity index (χ1) is 6.79. The van der Waals surface area contributed by atoms with E-state index in [1.165, 1.54) is 12.0 Å². The molecule has 82 valence electrons. The number of hydrogen-bond donors (Lipinski definition) is 0. The fourth-order valence-corrected chi connectivity index (χ4v) is 1.09. The van der Waals surface area contributed by atoms with Gasteiger partial charge in [0, 0.05) is 0 Å². The lowest BCUT2D eigenvalue weighted by atomic mass is 10.0. The normalized spacial score (nSPS) is 8.21. The molecule has 0 aliphatic heterocycles. The van der Waals surface area contributed by atoms with Gasteiger partial charge in [-0.1, -0.05) is 71.9 Å². The van der Waals surface area contributed by atoms with Crippen LogP contribution in [0.1, 0.15) is 47.1 Å². The van der Waals surface area contributed by atoms with Crippen molar-refractivity contribution in [3.63, 3.8) is 0 Å². The van der Waals surface area contributed by atoms with Gasteiger partial charge in [0.1, 0.15) is 0 Å². The van der Waals surface area contributed by atoms with E-state index in [4.69, 9.17) is 0 Å². The molecule has 0 bridgehead atoms. The van der Waals surface area contributed by atoms with E-state index in [0.717, 1.165) is 5.92 Å². The van der Waals surface area contributed by atoms with E-state index in [2.05, 4.69) is 44.2 Å². The average molecular weight is 194 g/mol. The summed E-state index contributed by atoms with van der Waals surface area (Å²) < 4.78 is 0.